The molecule has 2 N–H and O–H groups in total. The van der Waals surface area contributed by atoms with E-state index in [2.05, 4.69) is 30.9 Å². The van der Waals surface area contributed by atoms with Crippen LogP contribution in [0.5, 0.6) is 0 Å². The van der Waals surface area contributed by atoms with Crippen molar-refractivity contribution in [3.8, 4) is 11.5 Å². The van der Waals surface area contributed by atoms with E-state index in [4.69, 9.17) is 4.74 Å². The summed E-state index contributed by atoms with van der Waals surface area (Å²) in [5.74, 6) is -0.465. The number of tetrazole rings is 1. The molecular weight excluding hydrogens is 266 g/mol. The van der Waals surface area contributed by atoms with Crippen LogP contribution in [-0.4, -0.2) is 59.9 Å². The van der Waals surface area contributed by atoms with Crippen LogP contribution < -0.4 is 0 Å². The number of aromatic amines is 1. The van der Waals surface area contributed by atoms with E-state index in [0.717, 1.165) is 0 Å². The van der Waals surface area contributed by atoms with Crippen molar-refractivity contribution in [2.75, 3.05) is 13.2 Å². The summed E-state index contributed by atoms with van der Waals surface area (Å²) in [6, 6.07) is 0. The van der Waals surface area contributed by atoms with Gasteiger partial charge in [0.25, 0.3) is 0 Å². The lowest BCUT2D eigenvalue weighted by Gasteiger charge is -2.32. The molecule has 1 aliphatic heterocycles. The summed E-state index contributed by atoms with van der Waals surface area (Å²) in [6.45, 7) is 1.03. The van der Waals surface area contributed by atoms with E-state index in [1.54, 1.807) is 0 Å². The number of ether oxygens (including phenoxy) is 1. The van der Waals surface area contributed by atoms with Crippen molar-refractivity contribution in [1.29, 1.82) is 0 Å². The standard InChI is InChI=1S/C10H13N7O3/c18-9(19)10(1-3-20-4-2-10)6-17-8(13-15-16-17)7-5-11-14-12-7/h5H,1-4,6H2,(H,18,19)(H,11,12,14). The Morgan fingerprint density at radius 1 is 1.50 bits per heavy atom. The monoisotopic (exact) mass is 279 g/mol. The lowest BCUT2D eigenvalue weighted by atomic mass is 9.80. The molecule has 3 rings (SSSR count). The zero-order chi connectivity index (χ0) is 14.0. The lowest BCUT2D eigenvalue weighted by Crippen LogP contribution is -2.41. The fourth-order valence-corrected chi connectivity index (χ4v) is 2.29. The Bertz CT molecular complexity index is 588. The van der Waals surface area contributed by atoms with E-state index in [0.29, 0.717) is 37.6 Å². The summed E-state index contributed by atoms with van der Waals surface area (Å²) < 4.78 is 6.70. The highest BCUT2D eigenvalue weighted by Crippen LogP contribution is 2.33. The van der Waals surface area contributed by atoms with Crippen molar-refractivity contribution < 1.29 is 14.6 Å². The highest BCUT2D eigenvalue weighted by atomic mass is 16.5. The number of nitrogens with one attached hydrogen (secondary N) is 1. The molecule has 0 aliphatic carbocycles. The van der Waals surface area contributed by atoms with Crippen LogP contribution in [0.2, 0.25) is 0 Å². The molecule has 0 bridgehead atoms. The maximum absolute atomic E-state index is 11.6. The number of hydrogen-bond donors (Lipinski definition) is 2. The molecule has 2 aromatic rings. The van der Waals surface area contributed by atoms with Crippen LogP contribution in [-0.2, 0) is 16.1 Å². The fourth-order valence-electron chi connectivity index (χ4n) is 2.29. The lowest BCUT2D eigenvalue weighted by molar-refractivity contribution is -0.156. The number of H-pyrrole nitrogens is 1. The van der Waals surface area contributed by atoms with Crippen molar-refractivity contribution in [2.45, 2.75) is 19.4 Å². The molecule has 1 aliphatic rings. The van der Waals surface area contributed by atoms with E-state index < -0.39 is 11.4 Å². The Kier molecular flexibility index (Phi) is 3.14. The van der Waals surface area contributed by atoms with Crippen LogP contribution in [0.1, 0.15) is 12.8 Å². The molecule has 0 unspecified atom stereocenters. The maximum atomic E-state index is 11.6. The first-order valence-corrected chi connectivity index (χ1v) is 6.15. The first kappa shape index (κ1) is 12.7. The zero-order valence-electron chi connectivity index (χ0n) is 10.6. The molecule has 0 aromatic carbocycles. The smallest absolute Gasteiger partial charge is 0.311 e. The number of aliphatic carboxylic acids is 1. The summed E-state index contributed by atoms with van der Waals surface area (Å²) in [5, 5.41) is 30.9. The zero-order valence-corrected chi connectivity index (χ0v) is 10.6. The van der Waals surface area contributed by atoms with Gasteiger partial charge in [0.2, 0.25) is 5.82 Å². The van der Waals surface area contributed by atoms with Gasteiger partial charge in [-0.1, -0.05) is 0 Å². The van der Waals surface area contributed by atoms with E-state index in [1.165, 1.54) is 10.9 Å². The van der Waals surface area contributed by atoms with E-state index in [-0.39, 0.29) is 6.54 Å². The third-order valence-electron chi connectivity index (χ3n) is 3.53. The van der Waals surface area contributed by atoms with Crippen LogP contribution in [0.3, 0.4) is 0 Å². The summed E-state index contributed by atoms with van der Waals surface area (Å²) in [5.41, 5.74) is -0.436. The molecule has 106 valence electrons. The molecule has 0 amide bonds. The number of aromatic nitrogens is 7. The number of hydrogen-bond acceptors (Lipinski definition) is 7. The molecule has 0 saturated carbocycles. The molecule has 20 heavy (non-hydrogen) atoms. The SMILES string of the molecule is O=C(O)C1(Cn2nnnc2-c2cn[nH]n2)CCOCC1. The minimum Gasteiger partial charge on any atom is -0.481 e. The highest BCUT2D eigenvalue weighted by molar-refractivity contribution is 5.74. The van der Waals surface area contributed by atoms with Gasteiger partial charge < -0.3 is 9.84 Å². The molecule has 3 heterocycles. The Hall–Kier alpha value is -2.36. The van der Waals surface area contributed by atoms with Gasteiger partial charge in [-0.25, -0.2) is 4.68 Å². The number of nitrogens with zero attached hydrogens (tertiary/aromatic N) is 6. The largest absolute Gasteiger partial charge is 0.481 e. The molecule has 10 nitrogen and oxygen atoms in total. The summed E-state index contributed by atoms with van der Waals surface area (Å²) >= 11 is 0. The van der Waals surface area contributed by atoms with Gasteiger partial charge in [-0.05, 0) is 23.3 Å². The Morgan fingerprint density at radius 3 is 2.95 bits per heavy atom. The predicted octanol–water partition coefficient (Wildman–Crippen LogP) is -0.660. The first-order valence-electron chi connectivity index (χ1n) is 6.15. The van der Waals surface area contributed by atoms with Crippen LogP contribution in [0, 0.1) is 5.41 Å². The molecule has 0 atom stereocenters. The van der Waals surface area contributed by atoms with Crippen LogP contribution >= 0.6 is 0 Å². The minimum absolute atomic E-state index is 0.181. The first-order chi connectivity index (χ1) is 9.71. The molecule has 1 fully saturated rings. The quantitative estimate of drug-likeness (QED) is 0.753. The van der Waals surface area contributed by atoms with Crippen molar-refractivity contribution in [3.63, 3.8) is 0 Å². The summed E-state index contributed by atoms with van der Waals surface area (Å²) in [6.07, 6.45) is 2.35. The molecule has 0 radical (unpaired) electrons. The van der Waals surface area contributed by atoms with Gasteiger partial charge >= 0.3 is 5.97 Å². The van der Waals surface area contributed by atoms with Crippen molar-refractivity contribution in [3.05, 3.63) is 6.20 Å². The minimum atomic E-state index is -0.911. The molecule has 0 spiro atoms. The van der Waals surface area contributed by atoms with E-state index >= 15 is 0 Å². The Labute approximate surface area is 113 Å². The highest BCUT2D eigenvalue weighted by Gasteiger charge is 2.41. The van der Waals surface area contributed by atoms with Gasteiger partial charge in [-0.2, -0.15) is 15.4 Å². The topological polar surface area (TPSA) is 132 Å². The number of rotatable bonds is 4. The van der Waals surface area contributed by atoms with Crippen molar-refractivity contribution >= 4 is 5.97 Å². The predicted molar refractivity (Wildman–Crippen MR) is 63.3 cm³/mol. The van der Waals surface area contributed by atoms with Crippen LogP contribution in [0.15, 0.2) is 6.20 Å². The molecular formula is C10H13N7O3. The van der Waals surface area contributed by atoms with Gasteiger partial charge in [0, 0.05) is 13.2 Å². The second-order valence-corrected chi connectivity index (χ2v) is 4.71. The van der Waals surface area contributed by atoms with Crippen molar-refractivity contribution in [1.82, 2.24) is 35.6 Å². The van der Waals surface area contributed by atoms with Gasteiger partial charge in [0.1, 0.15) is 0 Å². The number of carboxylic acids is 1. The normalized spacial score (nSPS) is 18.0. The van der Waals surface area contributed by atoms with Crippen LogP contribution in [0.25, 0.3) is 11.5 Å². The Balaban J connectivity index is 1.90. The Morgan fingerprint density at radius 2 is 2.30 bits per heavy atom. The average molecular weight is 279 g/mol. The van der Waals surface area contributed by atoms with Gasteiger partial charge in [-0.15, -0.1) is 5.10 Å². The maximum Gasteiger partial charge on any atom is 0.311 e. The van der Waals surface area contributed by atoms with Gasteiger partial charge in [-0.3, -0.25) is 4.79 Å². The molecule has 2 aromatic heterocycles. The number of carboxylic acid groups (broad SMARTS) is 1. The second-order valence-electron chi connectivity index (χ2n) is 4.71. The van der Waals surface area contributed by atoms with Crippen molar-refractivity contribution in [2.24, 2.45) is 5.41 Å². The van der Waals surface area contributed by atoms with Gasteiger partial charge in [0.05, 0.1) is 18.2 Å². The fraction of sp³-hybridized carbons (Fsp3) is 0.600. The molecule has 10 heteroatoms. The summed E-state index contributed by atoms with van der Waals surface area (Å²) in [7, 11) is 0. The number of carbonyl (C=O) groups is 1. The summed E-state index contributed by atoms with van der Waals surface area (Å²) in [4.78, 5) is 11.6. The van der Waals surface area contributed by atoms with Gasteiger partial charge in [0.15, 0.2) is 5.69 Å². The van der Waals surface area contributed by atoms with E-state index in [1.807, 2.05) is 0 Å². The van der Waals surface area contributed by atoms with Crippen LogP contribution in [0.4, 0.5) is 0 Å². The third kappa shape index (κ3) is 2.13. The third-order valence-corrected chi connectivity index (χ3v) is 3.53. The van der Waals surface area contributed by atoms with E-state index in [9.17, 15) is 9.90 Å². The average Bonchev–Trinajstić information content (AvgIpc) is 3.10. The second kappa shape index (κ2) is 4.96. The molecule has 1 saturated heterocycles.